The molecule has 0 aromatic heterocycles. The zero-order valence-corrected chi connectivity index (χ0v) is 17.0. The number of aliphatic imine (C=N–C) groups is 1. The van der Waals surface area contributed by atoms with Crippen molar-refractivity contribution in [1.82, 2.24) is 15.1 Å². The van der Waals surface area contributed by atoms with E-state index in [0.29, 0.717) is 26.2 Å². The third-order valence-electron chi connectivity index (χ3n) is 4.38. The van der Waals surface area contributed by atoms with Crippen LogP contribution in [0.2, 0.25) is 0 Å². The van der Waals surface area contributed by atoms with Gasteiger partial charge in [-0.3, -0.25) is 9.79 Å². The van der Waals surface area contributed by atoms with E-state index in [1.165, 1.54) is 12.5 Å². The number of amides is 2. The number of carbonyl (C=O) groups excluding carboxylic acids is 2. The summed E-state index contributed by atoms with van der Waals surface area (Å²) in [7, 11) is 0. The number of anilines is 1. The number of nitrogens with one attached hydrogen (secondary N) is 2. The maximum Gasteiger partial charge on any atom is 0.409 e. The molecule has 2 N–H and O–H groups in total. The Labute approximate surface area is 166 Å². The lowest BCUT2D eigenvalue weighted by atomic mass is 10.1. The molecule has 0 unspecified atom stereocenters. The molecule has 8 nitrogen and oxygen atoms in total. The largest absolute Gasteiger partial charge is 0.450 e. The van der Waals surface area contributed by atoms with E-state index in [0.717, 1.165) is 37.7 Å². The fraction of sp³-hybridized carbons (Fsp3) is 0.550. The average Bonchev–Trinajstić information content (AvgIpc) is 2.68. The van der Waals surface area contributed by atoms with Gasteiger partial charge in [0.15, 0.2) is 5.96 Å². The SMILES string of the molecule is CCNC(=NCCc1ccc(NC(C)=O)cc1)N1CCN(C(=O)OCC)CC1. The molecule has 0 atom stereocenters. The smallest absolute Gasteiger partial charge is 0.409 e. The van der Waals surface area contributed by atoms with Crippen LogP contribution >= 0.6 is 0 Å². The van der Waals surface area contributed by atoms with Crippen LogP contribution in [0.5, 0.6) is 0 Å². The molecule has 1 fully saturated rings. The van der Waals surface area contributed by atoms with Crippen LogP contribution in [-0.2, 0) is 16.0 Å². The van der Waals surface area contributed by atoms with E-state index >= 15 is 0 Å². The molecule has 0 spiro atoms. The minimum Gasteiger partial charge on any atom is -0.450 e. The summed E-state index contributed by atoms with van der Waals surface area (Å²) in [5.41, 5.74) is 1.97. The molecule has 2 rings (SSSR count). The highest BCUT2D eigenvalue weighted by molar-refractivity contribution is 5.88. The van der Waals surface area contributed by atoms with E-state index < -0.39 is 0 Å². The van der Waals surface area contributed by atoms with Crippen LogP contribution in [0.4, 0.5) is 10.5 Å². The van der Waals surface area contributed by atoms with Crippen molar-refractivity contribution in [2.24, 2.45) is 4.99 Å². The van der Waals surface area contributed by atoms with E-state index in [4.69, 9.17) is 9.73 Å². The van der Waals surface area contributed by atoms with Crippen molar-refractivity contribution in [3.63, 3.8) is 0 Å². The van der Waals surface area contributed by atoms with Gasteiger partial charge in [0, 0.05) is 51.9 Å². The molecule has 1 aromatic rings. The van der Waals surface area contributed by atoms with Crippen molar-refractivity contribution in [3.05, 3.63) is 29.8 Å². The van der Waals surface area contributed by atoms with E-state index in [-0.39, 0.29) is 12.0 Å². The molecule has 1 aliphatic rings. The van der Waals surface area contributed by atoms with E-state index in [1.807, 2.05) is 38.1 Å². The second kappa shape index (κ2) is 11.2. The van der Waals surface area contributed by atoms with Crippen LogP contribution in [0.15, 0.2) is 29.3 Å². The molecule has 1 heterocycles. The zero-order chi connectivity index (χ0) is 20.4. The molecule has 2 amide bonds. The highest BCUT2D eigenvalue weighted by Gasteiger charge is 2.23. The van der Waals surface area contributed by atoms with Gasteiger partial charge >= 0.3 is 6.09 Å². The molecule has 0 bridgehead atoms. The van der Waals surface area contributed by atoms with Gasteiger partial charge < -0.3 is 25.2 Å². The number of nitrogens with zero attached hydrogens (tertiary/aromatic N) is 3. The first kappa shape index (κ1) is 21.5. The lowest BCUT2D eigenvalue weighted by Crippen LogP contribution is -2.54. The maximum absolute atomic E-state index is 11.8. The first-order chi connectivity index (χ1) is 13.5. The topological polar surface area (TPSA) is 86.3 Å². The zero-order valence-electron chi connectivity index (χ0n) is 17.0. The Balaban J connectivity index is 1.87. The number of guanidine groups is 1. The third-order valence-corrected chi connectivity index (χ3v) is 4.38. The number of rotatable bonds is 6. The Kier molecular flexibility index (Phi) is 8.58. The van der Waals surface area contributed by atoms with Gasteiger partial charge in [0.1, 0.15) is 0 Å². The molecule has 154 valence electrons. The van der Waals surface area contributed by atoms with Crippen molar-refractivity contribution in [1.29, 1.82) is 0 Å². The standard InChI is InChI=1S/C20H31N5O3/c1-4-21-19(24-12-14-25(15-13-24)20(27)28-5-2)22-11-10-17-6-8-18(9-7-17)23-16(3)26/h6-9H,4-5,10-15H2,1-3H3,(H,21,22)(H,23,26). The van der Waals surface area contributed by atoms with Gasteiger partial charge in [0.05, 0.1) is 6.61 Å². The molecule has 1 saturated heterocycles. The molecular formula is C20H31N5O3. The van der Waals surface area contributed by atoms with Crippen molar-refractivity contribution in [3.8, 4) is 0 Å². The average molecular weight is 390 g/mol. The quantitative estimate of drug-likeness (QED) is 0.574. The Morgan fingerprint density at radius 2 is 1.71 bits per heavy atom. The summed E-state index contributed by atoms with van der Waals surface area (Å²) >= 11 is 0. The summed E-state index contributed by atoms with van der Waals surface area (Å²) in [6, 6.07) is 7.82. The van der Waals surface area contributed by atoms with E-state index in [2.05, 4.69) is 15.5 Å². The summed E-state index contributed by atoms with van der Waals surface area (Å²) in [5.74, 6) is 0.802. The predicted molar refractivity (Wildman–Crippen MR) is 111 cm³/mol. The molecule has 1 aromatic carbocycles. The number of hydrogen-bond acceptors (Lipinski definition) is 4. The van der Waals surface area contributed by atoms with Crippen molar-refractivity contribution >= 4 is 23.6 Å². The highest BCUT2D eigenvalue weighted by atomic mass is 16.6. The molecule has 1 aliphatic heterocycles. The number of carbonyl (C=O) groups is 2. The minimum absolute atomic E-state index is 0.0734. The Bertz CT molecular complexity index is 667. The monoisotopic (exact) mass is 389 g/mol. The highest BCUT2D eigenvalue weighted by Crippen LogP contribution is 2.10. The number of piperazine rings is 1. The van der Waals surface area contributed by atoms with Gasteiger partial charge in [0.25, 0.3) is 0 Å². The van der Waals surface area contributed by atoms with Crippen LogP contribution in [-0.4, -0.2) is 73.6 Å². The summed E-state index contributed by atoms with van der Waals surface area (Å²) in [4.78, 5) is 31.6. The Hall–Kier alpha value is -2.77. The normalized spacial score (nSPS) is 14.6. The van der Waals surface area contributed by atoms with E-state index in [9.17, 15) is 9.59 Å². The second-order valence-corrected chi connectivity index (χ2v) is 6.54. The molecule has 0 aliphatic carbocycles. The van der Waals surface area contributed by atoms with Gasteiger partial charge in [-0.25, -0.2) is 4.79 Å². The number of benzene rings is 1. The molecular weight excluding hydrogens is 358 g/mol. The van der Waals surface area contributed by atoms with Gasteiger partial charge in [-0.05, 0) is 38.0 Å². The second-order valence-electron chi connectivity index (χ2n) is 6.54. The summed E-state index contributed by atoms with van der Waals surface area (Å²) in [6.45, 7) is 9.95. The van der Waals surface area contributed by atoms with Crippen LogP contribution in [0.3, 0.4) is 0 Å². The maximum atomic E-state index is 11.8. The van der Waals surface area contributed by atoms with Crippen LogP contribution in [0, 0.1) is 0 Å². The minimum atomic E-state index is -0.244. The predicted octanol–water partition coefficient (Wildman–Crippen LogP) is 1.93. The molecule has 8 heteroatoms. The Morgan fingerprint density at radius 3 is 2.29 bits per heavy atom. The van der Waals surface area contributed by atoms with Crippen LogP contribution in [0.1, 0.15) is 26.3 Å². The first-order valence-electron chi connectivity index (χ1n) is 9.85. The first-order valence-corrected chi connectivity index (χ1v) is 9.85. The summed E-state index contributed by atoms with van der Waals surface area (Å²) < 4.78 is 5.07. The van der Waals surface area contributed by atoms with Crippen molar-refractivity contribution < 1.29 is 14.3 Å². The number of ether oxygens (including phenoxy) is 1. The lowest BCUT2D eigenvalue weighted by molar-refractivity contribution is -0.114. The summed E-state index contributed by atoms with van der Waals surface area (Å²) in [5, 5.41) is 6.10. The Morgan fingerprint density at radius 1 is 1.07 bits per heavy atom. The molecule has 28 heavy (non-hydrogen) atoms. The molecule has 0 saturated carbocycles. The third kappa shape index (κ3) is 6.75. The van der Waals surface area contributed by atoms with Gasteiger partial charge in [-0.2, -0.15) is 0 Å². The van der Waals surface area contributed by atoms with Crippen LogP contribution in [0.25, 0.3) is 0 Å². The van der Waals surface area contributed by atoms with E-state index in [1.54, 1.807) is 4.90 Å². The summed E-state index contributed by atoms with van der Waals surface area (Å²) in [6.07, 6.45) is 0.574. The van der Waals surface area contributed by atoms with Crippen molar-refractivity contribution in [2.75, 3.05) is 51.2 Å². The number of hydrogen-bond donors (Lipinski definition) is 2. The van der Waals surface area contributed by atoms with Crippen molar-refractivity contribution in [2.45, 2.75) is 27.2 Å². The molecule has 0 radical (unpaired) electrons. The van der Waals surface area contributed by atoms with Crippen LogP contribution < -0.4 is 10.6 Å². The lowest BCUT2D eigenvalue weighted by Gasteiger charge is -2.35. The van der Waals surface area contributed by atoms with Gasteiger partial charge in [0.2, 0.25) is 5.91 Å². The van der Waals surface area contributed by atoms with Gasteiger partial charge in [-0.15, -0.1) is 0 Å². The van der Waals surface area contributed by atoms with Gasteiger partial charge in [-0.1, -0.05) is 12.1 Å². The fourth-order valence-electron chi connectivity index (χ4n) is 2.99. The fourth-order valence-corrected chi connectivity index (χ4v) is 2.99.